The smallest absolute Gasteiger partial charge is 0.317 e. The van der Waals surface area contributed by atoms with Crippen molar-refractivity contribution in [3.8, 4) is 0 Å². The molecule has 0 aliphatic heterocycles. The van der Waals surface area contributed by atoms with Crippen molar-refractivity contribution in [2.45, 2.75) is 39.8 Å². The number of hydrogen-bond acceptors (Lipinski definition) is 3. The third kappa shape index (κ3) is 3.94. The Labute approximate surface area is 101 Å². The van der Waals surface area contributed by atoms with Gasteiger partial charge in [0.25, 0.3) is 0 Å². The molecule has 0 saturated carbocycles. The van der Waals surface area contributed by atoms with Crippen LogP contribution in [0.5, 0.6) is 0 Å². The van der Waals surface area contributed by atoms with Crippen LogP contribution in [0.3, 0.4) is 0 Å². The summed E-state index contributed by atoms with van der Waals surface area (Å²) in [4.78, 5) is 15.3. The quantitative estimate of drug-likeness (QED) is 0.832. The number of nitrogens with zero attached hydrogens (tertiary/aromatic N) is 1. The summed E-state index contributed by atoms with van der Waals surface area (Å²) in [5.74, 6) is -0.756. The van der Waals surface area contributed by atoms with Crippen LogP contribution < -0.4 is 0 Å². The van der Waals surface area contributed by atoms with Gasteiger partial charge in [-0.1, -0.05) is 6.92 Å². The molecule has 1 rings (SSSR count). The largest absolute Gasteiger partial charge is 0.480 e. The third-order valence-electron chi connectivity index (χ3n) is 2.71. The Hall–Kier alpha value is -0.870. The summed E-state index contributed by atoms with van der Waals surface area (Å²) in [5.41, 5.74) is 0. The van der Waals surface area contributed by atoms with E-state index in [9.17, 15) is 4.79 Å². The first-order valence-corrected chi connectivity index (χ1v) is 6.35. The number of carbonyl (C=O) groups is 1. The summed E-state index contributed by atoms with van der Waals surface area (Å²) in [6.45, 7) is 7.08. The van der Waals surface area contributed by atoms with Crippen LogP contribution in [0.15, 0.2) is 12.1 Å². The third-order valence-corrected chi connectivity index (χ3v) is 3.69. The van der Waals surface area contributed by atoms with Gasteiger partial charge in [-0.3, -0.25) is 9.69 Å². The van der Waals surface area contributed by atoms with Gasteiger partial charge < -0.3 is 5.11 Å². The minimum Gasteiger partial charge on any atom is -0.480 e. The Morgan fingerprint density at radius 1 is 1.56 bits per heavy atom. The SMILES string of the molecule is CCC(C)N(CC(=O)O)Cc1ccc(C)s1. The molecule has 90 valence electrons. The highest BCUT2D eigenvalue weighted by Gasteiger charge is 2.16. The van der Waals surface area contributed by atoms with E-state index < -0.39 is 5.97 Å². The van der Waals surface area contributed by atoms with E-state index in [0.717, 1.165) is 13.0 Å². The molecule has 1 heterocycles. The fraction of sp³-hybridized carbons (Fsp3) is 0.583. The number of hydrogen-bond donors (Lipinski definition) is 1. The number of carboxylic acid groups (broad SMARTS) is 1. The second-order valence-corrected chi connectivity index (χ2v) is 5.44. The van der Waals surface area contributed by atoms with E-state index in [4.69, 9.17) is 5.11 Å². The zero-order chi connectivity index (χ0) is 12.1. The molecular formula is C12H19NO2S. The second kappa shape index (κ2) is 6.01. The lowest BCUT2D eigenvalue weighted by Gasteiger charge is -2.25. The van der Waals surface area contributed by atoms with E-state index >= 15 is 0 Å². The highest BCUT2D eigenvalue weighted by molar-refractivity contribution is 7.11. The monoisotopic (exact) mass is 241 g/mol. The van der Waals surface area contributed by atoms with E-state index in [1.807, 2.05) is 4.90 Å². The molecule has 1 aromatic heterocycles. The van der Waals surface area contributed by atoms with Gasteiger partial charge in [-0.2, -0.15) is 0 Å². The van der Waals surface area contributed by atoms with Gasteiger partial charge in [0, 0.05) is 22.3 Å². The summed E-state index contributed by atoms with van der Waals surface area (Å²) in [5, 5.41) is 8.87. The van der Waals surface area contributed by atoms with Crippen molar-refractivity contribution in [2.24, 2.45) is 0 Å². The molecule has 0 aliphatic carbocycles. The minimum atomic E-state index is -0.756. The molecule has 0 saturated heterocycles. The number of carboxylic acids is 1. The van der Waals surface area contributed by atoms with Gasteiger partial charge in [0.05, 0.1) is 6.54 Å². The predicted molar refractivity (Wildman–Crippen MR) is 66.9 cm³/mol. The van der Waals surface area contributed by atoms with Crippen molar-refractivity contribution in [3.63, 3.8) is 0 Å². The summed E-state index contributed by atoms with van der Waals surface area (Å²) < 4.78 is 0. The lowest BCUT2D eigenvalue weighted by Crippen LogP contribution is -2.36. The molecular weight excluding hydrogens is 222 g/mol. The minimum absolute atomic E-state index is 0.117. The molecule has 0 amide bonds. The molecule has 3 nitrogen and oxygen atoms in total. The van der Waals surface area contributed by atoms with Gasteiger partial charge >= 0.3 is 5.97 Å². The zero-order valence-corrected chi connectivity index (χ0v) is 10.9. The van der Waals surface area contributed by atoms with Crippen molar-refractivity contribution >= 4 is 17.3 Å². The van der Waals surface area contributed by atoms with Crippen molar-refractivity contribution < 1.29 is 9.90 Å². The fourth-order valence-corrected chi connectivity index (χ4v) is 2.49. The Morgan fingerprint density at radius 2 is 2.25 bits per heavy atom. The van der Waals surface area contributed by atoms with Gasteiger partial charge in [-0.05, 0) is 32.4 Å². The molecule has 1 aromatic rings. The summed E-state index contributed by atoms with van der Waals surface area (Å²) in [6, 6.07) is 4.46. The Morgan fingerprint density at radius 3 is 2.69 bits per heavy atom. The van der Waals surface area contributed by atoms with E-state index in [1.165, 1.54) is 9.75 Å². The summed E-state index contributed by atoms with van der Waals surface area (Å²) >= 11 is 1.74. The van der Waals surface area contributed by atoms with Crippen LogP contribution in [0.2, 0.25) is 0 Å². The molecule has 1 N–H and O–H groups in total. The number of thiophene rings is 1. The van der Waals surface area contributed by atoms with Crippen molar-refractivity contribution in [3.05, 3.63) is 21.9 Å². The molecule has 0 aliphatic rings. The highest BCUT2D eigenvalue weighted by Crippen LogP contribution is 2.18. The molecule has 0 radical (unpaired) electrons. The summed E-state index contributed by atoms with van der Waals surface area (Å²) in [7, 11) is 0. The standard InChI is InChI=1S/C12H19NO2S/c1-4-9(2)13(8-12(14)15)7-11-6-5-10(3)16-11/h5-6,9H,4,7-8H2,1-3H3,(H,14,15). The summed E-state index contributed by atoms with van der Waals surface area (Å²) in [6.07, 6.45) is 0.970. The van der Waals surface area contributed by atoms with Crippen molar-refractivity contribution in [1.82, 2.24) is 4.90 Å². The highest BCUT2D eigenvalue weighted by atomic mass is 32.1. The molecule has 0 bridgehead atoms. The second-order valence-electron chi connectivity index (χ2n) is 4.07. The first-order valence-electron chi connectivity index (χ1n) is 5.54. The van der Waals surface area contributed by atoms with Gasteiger partial charge in [-0.15, -0.1) is 11.3 Å². The number of aliphatic carboxylic acids is 1. The van der Waals surface area contributed by atoms with E-state index in [0.29, 0.717) is 6.04 Å². The molecule has 0 spiro atoms. The average Bonchev–Trinajstić information content (AvgIpc) is 2.61. The fourth-order valence-electron chi connectivity index (χ4n) is 1.57. The van der Waals surface area contributed by atoms with E-state index in [2.05, 4.69) is 32.9 Å². The van der Waals surface area contributed by atoms with Crippen LogP contribution in [0.4, 0.5) is 0 Å². The van der Waals surface area contributed by atoms with Crippen molar-refractivity contribution in [1.29, 1.82) is 0 Å². The molecule has 1 atom stereocenters. The first kappa shape index (κ1) is 13.2. The zero-order valence-electron chi connectivity index (χ0n) is 10.1. The molecule has 16 heavy (non-hydrogen) atoms. The van der Waals surface area contributed by atoms with Gasteiger partial charge in [0.1, 0.15) is 0 Å². The maximum Gasteiger partial charge on any atom is 0.317 e. The maximum absolute atomic E-state index is 10.8. The predicted octanol–water partition coefficient (Wildman–Crippen LogP) is 2.74. The van der Waals surface area contributed by atoms with Crippen LogP contribution in [0.25, 0.3) is 0 Å². The molecule has 1 unspecified atom stereocenters. The molecule has 4 heteroatoms. The van der Waals surface area contributed by atoms with E-state index in [1.54, 1.807) is 11.3 Å². The average molecular weight is 241 g/mol. The van der Waals surface area contributed by atoms with Crippen molar-refractivity contribution in [2.75, 3.05) is 6.54 Å². The van der Waals surface area contributed by atoms with Crippen LogP contribution in [-0.4, -0.2) is 28.6 Å². The number of aryl methyl sites for hydroxylation is 1. The number of rotatable bonds is 6. The van der Waals surface area contributed by atoms with E-state index in [-0.39, 0.29) is 6.54 Å². The van der Waals surface area contributed by atoms with Crippen LogP contribution in [0, 0.1) is 6.92 Å². The topological polar surface area (TPSA) is 40.5 Å². The molecule has 0 fully saturated rings. The first-order chi connectivity index (χ1) is 7.52. The van der Waals surface area contributed by atoms with Gasteiger partial charge in [0.2, 0.25) is 0 Å². The lowest BCUT2D eigenvalue weighted by molar-refractivity contribution is -0.139. The van der Waals surface area contributed by atoms with Gasteiger partial charge in [-0.25, -0.2) is 0 Å². The maximum atomic E-state index is 10.8. The Bertz CT molecular complexity index is 349. The Balaban J connectivity index is 2.66. The Kier molecular flexibility index (Phi) is 4.96. The van der Waals surface area contributed by atoms with Gasteiger partial charge in [0.15, 0.2) is 0 Å². The lowest BCUT2D eigenvalue weighted by atomic mass is 10.2. The van der Waals surface area contributed by atoms with Crippen LogP contribution in [0.1, 0.15) is 30.0 Å². The van der Waals surface area contributed by atoms with Crippen LogP contribution >= 0.6 is 11.3 Å². The van der Waals surface area contributed by atoms with Crippen LogP contribution in [-0.2, 0) is 11.3 Å². The molecule has 0 aromatic carbocycles. The normalized spacial score (nSPS) is 13.0.